The van der Waals surface area contributed by atoms with Crippen LogP contribution in [0.5, 0.6) is 0 Å². The average Bonchev–Trinajstić information content (AvgIpc) is 3.03. The molecule has 0 heterocycles. The Balaban J connectivity index is 0. The zero-order valence-corrected chi connectivity index (χ0v) is 28.0. The van der Waals surface area contributed by atoms with Gasteiger partial charge in [-0.25, -0.2) is 8.78 Å². The van der Waals surface area contributed by atoms with E-state index in [-0.39, 0.29) is 23.6 Å². The molecule has 0 aromatic rings. The topological polar surface area (TPSA) is 184 Å². The van der Waals surface area contributed by atoms with Gasteiger partial charge < -0.3 is 50.4 Å². The third-order valence-corrected chi connectivity index (χ3v) is 5.37. The number of carbonyl (C=O) groups is 1. The number of nitrogens with zero attached hydrogens (tertiary/aromatic N) is 1. The fourth-order valence-electron chi connectivity index (χ4n) is 2.53. The van der Waals surface area contributed by atoms with Crippen LogP contribution in [-0.2, 0) is 38.0 Å². The highest BCUT2D eigenvalue weighted by Gasteiger charge is 2.01. The molecule has 0 aliphatic heterocycles. The molecular weight excluding hydrogens is 640 g/mol. The molecule has 0 unspecified atom stereocenters. The Kier molecular flexibility index (Phi) is 34.8. The monoisotopic (exact) mass is 691 g/mol. The second-order valence-corrected chi connectivity index (χ2v) is 9.57. The maximum Gasteiger partial charge on any atom is 0.275 e. The molecule has 0 aliphatic carbocycles. The quantitative estimate of drug-likeness (QED) is 0.0171. The van der Waals surface area contributed by atoms with Gasteiger partial charge in [0.25, 0.3) is 5.91 Å². The number of ether oxygens (including phenoxy) is 7. The van der Waals surface area contributed by atoms with Crippen LogP contribution in [0.1, 0.15) is 6.92 Å². The van der Waals surface area contributed by atoms with Crippen molar-refractivity contribution in [2.75, 3.05) is 92.4 Å². The van der Waals surface area contributed by atoms with Gasteiger partial charge in [-0.3, -0.25) is 9.52 Å². The summed E-state index contributed by atoms with van der Waals surface area (Å²) in [6.45, 7) is 18.9. The smallest absolute Gasteiger partial charge is 0.275 e. The zero-order chi connectivity index (χ0) is 35.4. The molecule has 0 atom stereocenters. The number of aliphatic imine (C=N–C) groups is 1. The molecule has 47 heavy (non-hydrogen) atoms. The fourth-order valence-corrected chi connectivity index (χ4v) is 3.04. The predicted molar refractivity (Wildman–Crippen MR) is 182 cm³/mol. The number of hydrogen-bond donors (Lipinski definition) is 4. The summed E-state index contributed by atoms with van der Waals surface area (Å²) in [5.41, 5.74) is 15.8. The van der Waals surface area contributed by atoms with Gasteiger partial charge in [0, 0.05) is 23.6 Å². The first-order valence-corrected chi connectivity index (χ1v) is 15.3. The number of nitrogens with one attached hydrogen (secondary N) is 1. The van der Waals surface area contributed by atoms with Crippen LogP contribution in [0.3, 0.4) is 0 Å². The SMILES string of the molecule is C=C(/C=C\C(=C)SNCCOCCOCCOCCOCCOCCOCCN)O/C=C(F)/C=C/C=C(\C)C(=O)N=C(N)N.C=CF. The molecule has 0 saturated heterocycles. The van der Waals surface area contributed by atoms with Crippen LogP contribution in [0.2, 0.25) is 0 Å². The van der Waals surface area contributed by atoms with Crippen LogP contribution in [0.4, 0.5) is 8.78 Å². The number of guanidine groups is 1. The Morgan fingerprint density at radius 2 is 1.30 bits per heavy atom. The van der Waals surface area contributed by atoms with Gasteiger partial charge in [-0.15, -0.1) is 0 Å². The van der Waals surface area contributed by atoms with E-state index in [9.17, 15) is 13.6 Å². The molecule has 0 radical (unpaired) electrons. The number of carbonyl (C=O) groups excluding carboxylic acids is 1. The Hall–Kier alpha value is -3.19. The van der Waals surface area contributed by atoms with Gasteiger partial charge in [-0.1, -0.05) is 31.9 Å². The number of amides is 1. The van der Waals surface area contributed by atoms with Gasteiger partial charge in [-0.05, 0) is 37.1 Å². The third-order valence-electron chi connectivity index (χ3n) is 4.62. The number of nitrogens with two attached hydrogens (primary N) is 3. The molecule has 0 aromatic heterocycles. The molecule has 0 rings (SSSR count). The first-order chi connectivity index (χ1) is 22.7. The number of allylic oxidation sites excluding steroid dienone is 6. The van der Waals surface area contributed by atoms with Crippen LogP contribution in [-0.4, -0.2) is 104 Å². The lowest BCUT2D eigenvalue weighted by Gasteiger charge is -2.08. The summed E-state index contributed by atoms with van der Waals surface area (Å²) in [4.78, 5) is 15.6. The third kappa shape index (κ3) is 37.1. The summed E-state index contributed by atoms with van der Waals surface area (Å²) in [7, 11) is 0. The van der Waals surface area contributed by atoms with Crippen molar-refractivity contribution in [2.24, 2.45) is 22.2 Å². The van der Waals surface area contributed by atoms with Gasteiger partial charge in [0.1, 0.15) is 12.0 Å². The minimum atomic E-state index is -0.688. The largest absolute Gasteiger partial charge is 0.463 e. The van der Waals surface area contributed by atoms with Crippen molar-refractivity contribution in [2.45, 2.75) is 6.92 Å². The van der Waals surface area contributed by atoms with Crippen LogP contribution in [0.25, 0.3) is 0 Å². The van der Waals surface area contributed by atoms with Crippen molar-refractivity contribution in [3.05, 3.63) is 84.8 Å². The molecule has 0 fully saturated rings. The second kappa shape index (κ2) is 35.7. The first-order valence-electron chi connectivity index (χ1n) is 14.5. The Morgan fingerprint density at radius 3 is 1.77 bits per heavy atom. The van der Waals surface area contributed by atoms with Gasteiger partial charge in [0.05, 0.1) is 85.6 Å². The molecule has 0 bridgehead atoms. The van der Waals surface area contributed by atoms with Gasteiger partial charge in [0.2, 0.25) is 0 Å². The van der Waals surface area contributed by atoms with E-state index in [4.69, 9.17) is 50.4 Å². The summed E-state index contributed by atoms with van der Waals surface area (Å²) in [6.07, 6.45) is 8.14. The molecule has 0 aliphatic rings. The minimum Gasteiger partial charge on any atom is -0.463 e. The lowest BCUT2D eigenvalue weighted by Crippen LogP contribution is -2.24. The average molecular weight is 692 g/mol. The van der Waals surface area contributed by atoms with E-state index >= 15 is 0 Å². The van der Waals surface area contributed by atoms with Crippen LogP contribution in [0.15, 0.2) is 89.8 Å². The number of rotatable bonds is 29. The first kappa shape index (κ1) is 45.9. The maximum atomic E-state index is 13.8. The highest BCUT2D eigenvalue weighted by molar-refractivity contribution is 8.01. The van der Waals surface area contributed by atoms with E-state index in [2.05, 4.69) is 29.5 Å². The standard InChI is InChI=1S/C29H48FN5O8S.C2H3F/c1-24(28(36)35-29(32)33)5-4-6-27(30)23-43-25(2)7-8-26(3)44-34-10-12-38-14-16-40-18-20-42-22-21-41-19-17-39-15-13-37-11-9-31;1-2-3/h4-8,23,34H,2-3,9-22,31H2,1H3,(H4,32,33,35,36);2H,1H2/b6-4+,8-7-,24-5+,27-23-;. The van der Waals surface area contributed by atoms with Gasteiger partial charge in [0.15, 0.2) is 11.8 Å². The molecular formula is C31H51F2N5O8S. The molecule has 13 nitrogen and oxygen atoms in total. The molecule has 0 aromatic carbocycles. The van der Waals surface area contributed by atoms with Crippen molar-refractivity contribution < 1.29 is 46.7 Å². The lowest BCUT2D eigenvalue weighted by molar-refractivity contribution is -0.114. The van der Waals surface area contributed by atoms with Gasteiger partial charge in [-0.2, -0.15) is 4.99 Å². The normalized spacial score (nSPS) is 11.7. The molecule has 1 amide bonds. The highest BCUT2D eigenvalue weighted by Crippen LogP contribution is 2.12. The number of halogens is 2. The molecule has 7 N–H and O–H groups in total. The van der Waals surface area contributed by atoms with Crippen molar-refractivity contribution in [1.29, 1.82) is 0 Å². The predicted octanol–water partition coefficient (Wildman–Crippen LogP) is 3.10. The lowest BCUT2D eigenvalue weighted by atomic mass is 10.2. The van der Waals surface area contributed by atoms with Gasteiger partial charge >= 0.3 is 0 Å². The number of hydrogen-bond acceptors (Lipinski definition) is 11. The Morgan fingerprint density at radius 1 is 0.830 bits per heavy atom. The van der Waals surface area contributed by atoms with Crippen molar-refractivity contribution in [1.82, 2.24) is 4.72 Å². The van der Waals surface area contributed by atoms with E-state index in [0.717, 1.165) is 12.3 Å². The van der Waals surface area contributed by atoms with Crippen LogP contribution in [0, 0.1) is 0 Å². The Bertz CT molecular complexity index is 1010. The van der Waals surface area contributed by atoms with Crippen LogP contribution >= 0.6 is 11.9 Å². The fraction of sp³-hybridized carbons (Fsp3) is 0.484. The van der Waals surface area contributed by atoms with E-state index in [1.807, 2.05) is 0 Å². The summed E-state index contributed by atoms with van der Waals surface area (Å²) in [6, 6.07) is 0. The molecule has 0 saturated carbocycles. The van der Waals surface area contributed by atoms with E-state index in [1.54, 1.807) is 12.2 Å². The van der Waals surface area contributed by atoms with E-state index in [0.29, 0.717) is 97.3 Å². The summed E-state index contributed by atoms with van der Waals surface area (Å²) < 4.78 is 64.5. The summed E-state index contributed by atoms with van der Waals surface area (Å²) >= 11 is 1.31. The second-order valence-electron chi connectivity index (χ2n) is 8.55. The Labute approximate surface area is 281 Å². The van der Waals surface area contributed by atoms with E-state index in [1.165, 1.54) is 31.0 Å². The minimum absolute atomic E-state index is 0.203. The summed E-state index contributed by atoms with van der Waals surface area (Å²) in [5, 5.41) is 0. The molecule has 0 spiro atoms. The van der Waals surface area contributed by atoms with Crippen molar-refractivity contribution in [3.8, 4) is 0 Å². The zero-order valence-electron chi connectivity index (χ0n) is 27.2. The molecule has 268 valence electrons. The molecule has 16 heteroatoms. The van der Waals surface area contributed by atoms with Crippen LogP contribution < -0.4 is 21.9 Å². The maximum absolute atomic E-state index is 13.8. The van der Waals surface area contributed by atoms with Crippen molar-refractivity contribution in [3.63, 3.8) is 0 Å². The summed E-state index contributed by atoms with van der Waals surface area (Å²) in [5.74, 6) is -1.45. The van der Waals surface area contributed by atoms with E-state index < -0.39 is 11.7 Å². The van der Waals surface area contributed by atoms with Crippen molar-refractivity contribution >= 4 is 23.8 Å². The highest BCUT2D eigenvalue weighted by atomic mass is 32.2.